The van der Waals surface area contributed by atoms with Crippen molar-refractivity contribution < 1.29 is 28.2 Å². The van der Waals surface area contributed by atoms with Gasteiger partial charge < -0.3 is 28.2 Å². The van der Waals surface area contributed by atoms with E-state index in [0.717, 1.165) is 10.4 Å². The Labute approximate surface area is 289 Å². The van der Waals surface area contributed by atoms with Crippen molar-refractivity contribution in [2.75, 3.05) is 20.8 Å². The minimum atomic E-state index is -3.08. The number of aliphatic hydroxyl groups is 1. The van der Waals surface area contributed by atoms with Gasteiger partial charge in [0.05, 0.1) is 6.61 Å². The minimum Gasteiger partial charge on any atom is -0.405 e. The summed E-state index contributed by atoms with van der Waals surface area (Å²) in [6.45, 7) is 13.7. The Hall–Kier alpha value is -2.93. The summed E-state index contributed by atoms with van der Waals surface area (Å²) in [5.41, 5.74) is 0. The summed E-state index contributed by atoms with van der Waals surface area (Å²) < 4.78 is 33.6. The molecule has 1 heterocycles. The number of rotatable bonds is 11. The third kappa shape index (κ3) is 6.78. The summed E-state index contributed by atoms with van der Waals surface area (Å²) in [5.74, 6) is 0. The monoisotopic (exact) mass is 684 g/mol. The normalized spacial score (nSPS) is 22.4. The predicted molar refractivity (Wildman–Crippen MR) is 199 cm³/mol. The van der Waals surface area contributed by atoms with Crippen LogP contribution in [0.2, 0.25) is 10.1 Å². The lowest BCUT2D eigenvalue weighted by Crippen LogP contribution is -2.73. The van der Waals surface area contributed by atoms with Crippen LogP contribution in [0.4, 0.5) is 0 Å². The van der Waals surface area contributed by atoms with Gasteiger partial charge in [0.25, 0.3) is 16.6 Å². The molecule has 0 spiro atoms. The maximum Gasteiger partial charge on any atom is 0.261 e. The van der Waals surface area contributed by atoms with Crippen molar-refractivity contribution in [3.05, 3.63) is 121 Å². The lowest BCUT2D eigenvalue weighted by molar-refractivity contribution is -0.291. The molecule has 5 rings (SSSR count). The standard InChI is InChI=1S/C40H52O6Si2/c1-39(2,3)47(30-21-13-9-14-22-30,31-23-15-10-16-24-31)44-29-34-35(36(42-7)37(43-8)38(41)45-34)46-48(40(4,5)6,32-25-17-11-18-26-32)33-27-19-12-20-28-33/h9-28,34-38,41H,29H2,1-8H3/t34-,35-,36+,37+,38+/m1/s1. The molecule has 1 N–H and O–H groups in total. The van der Waals surface area contributed by atoms with Crippen molar-refractivity contribution in [1.29, 1.82) is 0 Å². The van der Waals surface area contributed by atoms with Crippen molar-refractivity contribution in [3.8, 4) is 0 Å². The smallest absolute Gasteiger partial charge is 0.261 e. The Morgan fingerprint density at radius 2 is 0.896 bits per heavy atom. The maximum atomic E-state index is 11.4. The van der Waals surface area contributed by atoms with Gasteiger partial charge in [-0.2, -0.15) is 0 Å². The number of hydrogen-bond donors (Lipinski definition) is 1. The van der Waals surface area contributed by atoms with E-state index in [0.29, 0.717) is 0 Å². The molecule has 0 radical (unpaired) electrons. The fourth-order valence-corrected chi connectivity index (χ4v) is 16.8. The van der Waals surface area contributed by atoms with Crippen LogP contribution in [0.25, 0.3) is 0 Å². The lowest BCUT2D eigenvalue weighted by Gasteiger charge is -2.51. The average molecular weight is 685 g/mol. The molecule has 4 aromatic rings. The number of methoxy groups -OCH3 is 2. The first-order chi connectivity index (χ1) is 22.9. The molecule has 4 aromatic carbocycles. The largest absolute Gasteiger partial charge is 0.405 e. The zero-order valence-corrected chi connectivity index (χ0v) is 31.6. The summed E-state index contributed by atoms with van der Waals surface area (Å²) >= 11 is 0. The highest BCUT2D eigenvalue weighted by molar-refractivity contribution is 7.00. The van der Waals surface area contributed by atoms with E-state index in [9.17, 15) is 5.11 Å². The van der Waals surface area contributed by atoms with Crippen LogP contribution in [0.15, 0.2) is 121 Å². The van der Waals surface area contributed by atoms with E-state index in [1.165, 1.54) is 10.4 Å². The van der Waals surface area contributed by atoms with E-state index < -0.39 is 47.3 Å². The van der Waals surface area contributed by atoms with Gasteiger partial charge in [0.1, 0.15) is 24.4 Å². The summed E-state index contributed by atoms with van der Waals surface area (Å²) in [4.78, 5) is 0. The van der Waals surface area contributed by atoms with Crippen LogP contribution in [-0.4, -0.2) is 73.3 Å². The van der Waals surface area contributed by atoms with Crippen molar-refractivity contribution in [3.63, 3.8) is 0 Å². The molecule has 48 heavy (non-hydrogen) atoms. The predicted octanol–water partition coefficient (Wildman–Crippen LogP) is 5.26. The molecule has 1 fully saturated rings. The van der Waals surface area contributed by atoms with Crippen LogP contribution >= 0.6 is 0 Å². The highest BCUT2D eigenvalue weighted by Gasteiger charge is 2.58. The fourth-order valence-electron chi connectivity index (χ4n) is 7.55. The van der Waals surface area contributed by atoms with Gasteiger partial charge in [0.15, 0.2) is 6.29 Å². The first-order valence-corrected chi connectivity index (χ1v) is 20.7. The number of hydrogen-bond acceptors (Lipinski definition) is 6. The van der Waals surface area contributed by atoms with Gasteiger partial charge in [-0.05, 0) is 30.8 Å². The molecule has 0 aliphatic carbocycles. The molecule has 6 nitrogen and oxygen atoms in total. The first-order valence-electron chi connectivity index (χ1n) is 16.8. The van der Waals surface area contributed by atoms with Crippen molar-refractivity contribution in [2.45, 2.75) is 82.3 Å². The van der Waals surface area contributed by atoms with Crippen LogP contribution < -0.4 is 20.7 Å². The van der Waals surface area contributed by atoms with Gasteiger partial charge in [-0.15, -0.1) is 0 Å². The Morgan fingerprint density at radius 3 is 1.23 bits per heavy atom. The lowest BCUT2D eigenvalue weighted by atomic mass is 9.99. The third-order valence-electron chi connectivity index (χ3n) is 9.76. The van der Waals surface area contributed by atoms with Crippen LogP contribution in [0.3, 0.4) is 0 Å². The molecular formula is C40H52O6Si2. The first kappa shape index (κ1) is 36.4. The second-order valence-electron chi connectivity index (χ2n) is 14.7. The van der Waals surface area contributed by atoms with E-state index in [1.54, 1.807) is 14.2 Å². The van der Waals surface area contributed by atoms with E-state index >= 15 is 0 Å². The molecule has 0 bridgehead atoms. The quantitative estimate of drug-likeness (QED) is 0.218. The van der Waals surface area contributed by atoms with Crippen LogP contribution in [0.5, 0.6) is 0 Å². The fraction of sp³-hybridized carbons (Fsp3) is 0.400. The molecule has 5 atom stereocenters. The molecule has 8 heteroatoms. The molecular weight excluding hydrogens is 633 g/mol. The SMILES string of the molecule is CO[C@@H]1[C@H](OC)[C@@H](O)O[C@H](CO[Si](c2ccccc2)(c2ccccc2)C(C)(C)C)[C@H]1O[Si](c1ccccc1)(c1ccccc1)C(C)(C)C. The molecule has 1 saturated heterocycles. The Kier molecular flexibility index (Phi) is 11.3. The Bertz CT molecular complexity index is 1480. The molecule has 1 aliphatic heterocycles. The number of benzene rings is 4. The molecule has 256 valence electrons. The van der Waals surface area contributed by atoms with E-state index in [1.807, 2.05) is 24.3 Å². The van der Waals surface area contributed by atoms with Gasteiger partial charge in [0, 0.05) is 14.2 Å². The highest BCUT2D eigenvalue weighted by atomic mass is 28.4. The van der Waals surface area contributed by atoms with Gasteiger partial charge in [0.2, 0.25) is 0 Å². The Morgan fingerprint density at radius 1 is 0.542 bits per heavy atom. The topological polar surface area (TPSA) is 66.4 Å². The van der Waals surface area contributed by atoms with Crippen LogP contribution in [0, 0.1) is 0 Å². The van der Waals surface area contributed by atoms with Gasteiger partial charge in [-0.25, -0.2) is 0 Å². The summed E-state index contributed by atoms with van der Waals surface area (Å²) in [6, 6.07) is 42.2. The zero-order chi connectivity index (χ0) is 34.6. The summed E-state index contributed by atoms with van der Waals surface area (Å²) in [7, 11) is -2.80. The molecule has 1 aliphatic rings. The van der Waals surface area contributed by atoms with Crippen molar-refractivity contribution in [2.24, 2.45) is 0 Å². The number of ether oxygens (including phenoxy) is 3. The van der Waals surface area contributed by atoms with Gasteiger partial charge in [-0.3, -0.25) is 0 Å². The third-order valence-corrected chi connectivity index (χ3v) is 19.8. The average Bonchev–Trinajstić information content (AvgIpc) is 3.08. The molecule has 0 amide bonds. The van der Waals surface area contributed by atoms with Crippen molar-refractivity contribution >= 4 is 37.4 Å². The van der Waals surface area contributed by atoms with Crippen LogP contribution in [-0.2, 0) is 23.1 Å². The van der Waals surface area contributed by atoms with Gasteiger partial charge in [-0.1, -0.05) is 163 Å². The van der Waals surface area contributed by atoms with Crippen molar-refractivity contribution in [1.82, 2.24) is 0 Å². The molecule has 0 saturated carbocycles. The minimum absolute atomic E-state index is 0.184. The highest BCUT2D eigenvalue weighted by Crippen LogP contribution is 2.41. The van der Waals surface area contributed by atoms with E-state index in [-0.39, 0.29) is 16.7 Å². The maximum absolute atomic E-state index is 11.4. The van der Waals surface area contributed by atoms with E-state index in [2.05, 4.69) is 139 Å². The second-order valence-corrected chi connectivity index (χ2v) is 23.2. The van der Waals surface area contributed by atoms with Gasteiger partial charge >= 0.3 is 0 Å². The summed E-state index contributed by atoms with van der Waals surface area (Å²) in [6.07, 6.45) is -3.92. The molecule has 0 unspecified atom stereocenters. The second kappa shape index (κ2) is 14.9. The summed E-state index contributed by atoms with van der Waals surface area (Å²) in [5, 5.41) is 15.4. The number of aliphatic hydroxyl groups excluding tert-OH is 1. The molecule has 0 aromatic heterocycles. The Balaban J connectivity index is 1.67. The van der Waals surface area contributed by atoms with Crippen LogP contribution in [0.1, 0.15) is 41.5 Å². The van der Waals surface area contributed by atoms with E-state index in [4.69, 9.17) is 23.1 Å². The zero-order valence-electron chi connectivity index (χ0n) is 29.6.